The number of ether oxygens (including phenoxy) is 1. The molecule has 0 atom stereocenters. The van der Waals surface area contributed by atoms with Gasteiger partial charge in [-0.25, -0.2) is 9.78 Å². The highest BCUT2D eigenvalue weighted by molar-refractivity contribution is 5.89. The molecule has 13 heteroatoms. The fourth-order valence-electron chi connectivity index (χ4n) is 3.09. The van der Waals surface area contributed by atoms with Crippen LogP contribution in [0, 0.1) is 0 Å². The summed E-state index contributed by atoms with van der Waals surface area (Å²) >= 11 is 0. The van der Waals surface area contributed by atoms with E-state index in [0.717, 1.165) is 12.8 Å². The quantitative estimate of drug-likeness (QED) is 0.446. The van der Waals surface area contributed by atoms with E-state index in [1.54, 1.807) is 37.4 Å². The predicted octanol–water partition coefficient (Wildman–Crippen LogP) is 1.60. The van der Waals surface area contributed by atoms with Crippen LogP contribution < -0.4 is 20.7 Å². The Kier molecular flexibility index (Phi) is 5.47. The number of carbonyl (C=O) groups excluding carboxylic acids is 2. The third-order valence-electron chi connectivity index (χ3n) is 5.00. The highest BCUT2D eigenvalue weighted by Crippen LogP contribution is 2.38. The lowest BCUT2D eigenvalue weighted by Gasteiger charge is -2.16. The zero-order valence-corrected chi connectivity index (χ0v) is 18.9. The number of rotatable bonds is 8. The molecule has 178 valence electrons. The molecule has 1 saturated carbocycles. The van der Waals surface area contributed by atoms with Gasteiger partial charge in [-0.1, -0.05) is 0 Å². The molecule has 0 aromatic carbocycles. The Hall–Kier alpha value is -4.29. The van der Waals surface area contributed by atoms with E-state index in [4.69, 9.17) is 8.85 Å². The van der Waals surface area contributed by atoms with Gasteiger partial charge in [0.15, 0.2) is 17.4 Å². The lowest BCUT2D eigenvalue weighted by atomic mass is 10.1. The Morgan fingerprint density at radius 3 is 2.85 bits per heavy atom. The van der Waals surface area contributed by atoms with Crippen LogP contribution in [-0.2, 0) is 11.2 Å². The Morgan fingerprint density at radius 2 is 2.15 bits per heavy atom. The maximum Gasteiger partial charge on any atom is 0.322 e. The summed E-state index contributed by atoms with van der Waals surface area (Å²) in [6.07, 6.45) is 4.88. The highest BCUT2D eigenvalue weighted by Gasteiger charge is 2.26. The van der Waals surface area contributed by atoms with Crippen molar-refractivity contribution >= 4 is 29.3 Å². The molecule has 1 aliphatic rings. The van der Waals surface area contributed by atoms with Gasteiger partial charge in [-0.3, -0.25) is 10.1 Å². The van der Waals surface area contributed by atoms with Crippen LogP contribution in [0.15, 0.2) is 24.5 Å². The number of anilines is 3. The van der Waals surface area contributed by atoms with E-state index in [9.17, 15) is 9.59 Å². The van der Waals surface area contributed by atoms with Crippen LogP contribution >= 0.6 is 0 Å². The smallest absolute Gasteiger partial charge is 0.322 e. The molecule has 3 amide bonds. The lowest BCUT2D eigenvalue weighted by molar-refractivity contribution is -0.120. The van der Waals surface area contributed by atoms with Crippen LogP contribution in [0.25, 0.3) is 11.3 Å². The first-order valence-electron chi connectivity index (χ1n) is 11.9. The zero-order valence-electron chi connectivity index (χ0n) is 21.9. The number of amides is 3. The molecule has 13 nitrogen and oxygen atoms in total. The molecule has 4 rings (SSSR count). The zero-order chi connectivity index (χ0) is 26.7. The SMILES string of the molecule is [2H]C([2H])([2H])NC(=O)Cc1nnc(NC(=O)N(C)C)cc1Nc1nccc(-c2cnn(C3CC3)n2)c1OC. The van der Waals surface area contributed by atoms with E-state index in [0.29, 0.717) is 23.0 Å². The molecule has 3 N–H and O–H groups in total. The first-order valence-corrected chi connectivity index (χ1v) is 10.4. The summed E-state index contributed by atoms with van der Waals surface area (Å²) in [5, 5.41) is 24.4. The molecule has 1 fully saturated rings. The molecule has 1 aliphatic carbocycles. The van der Waals surface area contributed by atoms with Gasteiger partial charge in [-0.05, 0) is 18.9 Å². The van der Waals surface area contributed by atoms with E-state index < -0.39 is 25.3 Å². The van der Waals surface area contributed by atoms with Gasteiger partial charge in [0.05, 0.1) is 42.7 Å². The number of methoxy groups -OCH3 is 1. The van der Waals surface area contributed by atoms with E-state index in [1.807, 2.05) is 5.32 Å². The van der Waals surface area contributed by atoms with E-state index in [1.165, 1.54) is 18.1 Å². The van der Waals surface area contributed by atoms with Gasteiger partial charge in [0.1, 0.15) is 5.69 Å². The van der Waals surface area contributed by atoms with Crippen LogP contribution in [0.5, 0.6) is 5.75 Å². The number of pyridine rings is 1. The molecule has 0 saturated heterocycles. The predicted molar refractivity (Wildman–Crippen MR) is 124 cm³/mol. The molecule has 3 aromatic heterocycles. The molecule has 0 bridgehead atoms. The molecular weight excluding hydrogens is 440 g/mol. The number of likely N-dealkylation sites (N-methyl/N-ethyl adjacent to an activating group) is 1. The van der Waals surface area contributed by atoms with Gasteiger partial charge < -0.3 is 20.3 Å². The summed E-state index contributed by atoms with van der Waals surface area (Å²) in [6.45, 7) is -2.66. The van der Waals surface area contributed by atoms with Crippen LogP contribution in [0.3, 0.4) is 0 Å². The molecule has 0 spiro atoms. The largest absolute Gasteiger partial charge is 0.492 e. The van der Waals surface area contributed by atoms with Crippen molar-refractivity contribution in [3.8, 4) is 17.0 Å². The van der Waals surface area contributed by atoms with Crippen molar-refractivity contribution in [1.82, 2.24) is 40.4 Å². The van der Waals surface area contributed by atoms with E-state index >= 15 is 0 Å². The molecule has 3 heterocycles. The van der Waals surface area contributed by atoms with Gasteiger partial charge in [0.2, 0.25) is 5.91 Å². The topological polar surface area (TPSA) is 152 Å². The van der Waals surface area contributed by atoms with Gasteiger partial charge in [-0.15, -0.1) is 5.10 Å². The molecule has 34 heavy (non-hydrogen) atoms. The summed E-state index contributed by atoms with van der Waals surface area (Å²) in [7, 11) is 4.61. The summed E-state index contributed by atoms with van der Waals surface area (Å²) in [4.78, 5) is 31.8. The summed E-state index contributed by atoms with van der Waals surface area (Å²) in [6, 6.07) is 3.07. The van der Waals surface area contributed by atoms with E-state index in [-0.39, 0.29) is 23.0 Å². The number of hydrogen-bond donors (Lipinski definition) is 3. The number of carbonyl (C=O) groups is 2. The summed E-state index contributed by atoms with van der Waals surface area (Å²) < 4.78 is 27.4. The Labute approximate surface area is 200 Å². The van der Waals surface area contributed by atoms with Gasteiger partial charge >= 0.3 is 6.03 Å². The minimum absolute atomic E-state index is 0.101. The van der Waals surface area contributed by atoms with Crippen molar-refractivity contribution in [2.45, 2.75) is 25.3 Å². The second-order valence-corrected chi connectivity index (χ2v) is 7.79. The number of nitrogens with zero attached hydrogens (tertiary/aromatic N) is 7. The van der Waals surface area contributed by atoms with Crippen LogP contribution in [0.2, 0.25) is 0 Å². The van der Waals surface area contributed by atoms with Crippen LogP contribution in [0.4, 0.5) is 22.1 Å². The Morgan fingerprint density at radius 1 is 1.32 bits per heavy atom. The minimum Gasteiger partial charge on any atom is -0.492 e. The maximum absolute atomic E-state index is 12.3. The lowest BCUT2D eigenvalue weighted by Crippen LogP contribution is -2.28. The van der Waals surface area contributed by atoms with Gasteiger partial charge in [0, 0.05) is 37.4 Å². The fourth-order valence-corrected chi connectivity index (χ4v) is 3.09. The maximum atomic E-state index is 12.3. The second kappa shape index (κ2) is 9.68. The normalized spacial score (nSPS) is 14.4. The van der Waals surface area contributed by atoms with Crippen molar-refractivity contribution in [3.63, 3.8) is 0 Å². The Balaban J connectivity index is 1.68. The monoisotopic (exact) mass is 469 g/mol. The molecule has 3 aromatic rings. The number of urea groups is 1. The van der Waals surface area contributed by atoms with Crippen molar-refractivity contribution in [1.29, 1.82) is 0 Å². The fraction of sp³-hybridized carbons (Fsp3) is 0.381. The van der Waals surface area contributed by atoms with Crippen molar-refractivity contribution < 1.29 is 18.4 Å². The first kappa shape index (κ1) is 19.2. The molecule has 0 radical (unpaired) electrons. The van der Waals surface area contributed by atoms with Crippen molar-refractivity contribution in [2.75, 3.05) is 38.8 Å². The average Bonchev–Trinajstić information content (AvgIpc) is 3.56. The highest BCUT2D eigenvalue weighted by atomic mass is 16.5. The molecule has 0 unspecified atom stereocenters. The molecule has 0 aliphatic heterocycles. The first-order chi connectivity index (χ1) is 17.5. The Bertz CT molecular complexity index is 1310. The molecular formula is C21H26N10O3. The van der Waals surface area contributed by atoms with Crippen molar-refractivity contribution in [3.05, 3.63) is 30.2 Å². The third kappa shape index (κ3) is 5.03. The van der Waals surface area contributed by atoms with Gasteiger partial charge in [0.25, 0.3) is 0 Å². The third-order valence-corrected chi connectivity index (χ3v) is 5.00. The standard InChI is InChI=1S/C21H26N10O3/c1-22-18(32)10-15-14(9-17(28-27-15)26-21(33)30(2)3)25-20-19(34-4)13(7-8-23-20)16-11-24-31(29-16)12-5-6-12/h7-9,11-12H,5-6,10H2,1-4H3,(H,22,32)(H2,23,25,26,28,33)/i1D3. The van der Waals surface area contributed by atoms with Crippen LogP contribution in [0.1, 0.15) is 28.7 Å². The summed E-state index contributed by atoms with van der Waals surface area (Å²) in [5.41, 5.74) is 1.61. The minimum atomic E-state index is -2.66. The second-order valence-electron chi connectivity index (χ2n) is 7.79. The number of nitrogens with one attached hydrogen (secondary N) is 3. The van der Waals surface area contributed by atoms with E-state index in [2.05, 4.69) is 36.0 Å². The van der Waals surface area contributed by atoms with Crippen molar-refractivity contribution in [2.24, 2.45) is 0 Å². The number of aromatic nitrogens is 6. The van der Waals surface area contributed by atoms with Crippen LogP contribution in [-0.4, -0.2) is 75.2 Å². The average molecular weight is 470 g/mol. The summed E-state index contributed by atoms with van der Waals surface area (Å²) in [5.74, 6) is -0.0493. The number of hydrogen-bond acceptors (Lipinski definition) is 9. The van der Waals surface area contributed by atoms with Gasteiger partial charge in [-0.2, -0.15) is 20.1 Å².